The van der Waals surface area contributed by atoms with Crippen LogP contribution >= 0.6 is 0 Å². The molecule has 0 unspecified atom stereocenters. The number of para-hydroxylation sites is 2. The van der Waals surface area contributed by atoms with Gasteiger partial charge in [0, 0.05) is 32.7 Å². The van der Waals surface area contributed by atoms with E-state index in [4.69, 9.17) is 14.1 Å². The normalized spacial score (nSPS) is 13.0. The first kappa shape index (κ1) is 32.2. The van der Waals surface area contributed by atoms with Crippen molar-refractivity contribution >= 4 is 11.0 Å². The van der Waals surface area contributed by atoms with E-state index in [0.29, 0.717) is 17.0 Å². The number of pyridine rings is 1. The van der Waals surface area contributed by atoms with Crippen LogP contribution < -0.4 is 0 Å². The molecule has 272 valence electrons. The molecule has 1 N–H and O–H groups in total. The first-order valence-electron chi connectivity index (χ1n) is 20.3. The molecule has 0 bridgehead atoms. The van der Waals surface area contributed by atoms with Gasteiger partial charge in [-0.3, -0.25) is 9.55 Å². The van der Waals surface area contributed by atoms with Crippen molar-refractivity contribution in [1.29, 1.82) is 0 Å². The molecule has 0 spiro atoms. The molecule has 4 heteroatoms. The Morgan fingerprint density at radius 3 is 1.93 bits per heavy atom. The highest BCUT2D eigenvalue weighted by molar-refractivity contribution is 5.97. The summed E-state index contributed by atoms with van der Waals surface area (Å²) in [7, 11) is 0. The lowest BCUT2D eigenvalue weighted by molar-refractivity contribution is 0.446. The first-order chi connectivity index (χ1) is 27.6. The van der Waals surface area contributed by atoms with Crippen LogP contribution in [0, 0.1) is 6.85 Å². The predicted octanol–water partition coefficient (Wildman–Crippen LogP) is 13.4. The van der Waals surface area contributed by atoms with Crippen LogP contribution in [0.5, 0.6) is 5.75 Å². The van der Waals surface area contributed by atoms with Crippen molar-refractivity contribution in [3.63, 3.8) is 0 Å². The van der Waals surface area contributed by atoms with Gasteiger partial charge in [-0.2, -0.15) is 0 Å². The highest BCUT2D eigenvalue weighted by atomic mass is 16.3. The molecule has 4 nitrogen and oxygen atoms in total. The Kier molecular flexibility index (Phi) is 8.11. The second-order valence-corrected chi connectivity index (χ2v) is 16.4. The number of aromatic nitrogens is 3. The zero-order valence-electron chi connectivity index (χ0n) is 35.2. The molecule has 2 aromatic heterocycles. The molecule has 0 fully saturated rings. The van der Waals surface area contributed by atoms with Crippen LogP contribution in [0.3, 0.4) is 0 Å². The van der Waals surface area contributed by atoms with E-state index in [9.17, 15) is 5.11 Å². The fourth-order valence-electron chi connectivity index (χ4n) is 7.32. The van der Waals surface area contributed by atoms with Gasteiger partial charge in [0.05, 0.1) is 22.3 Å². The van der Waals surface area contributed by atoms with E-state index in [1.807, 2.05) is 54.6 Å². The van der Waals surface area contributed by atoms with Crippen LogP contribution in [0.4, 0.5) is 0 Å². The van der Waals surface area contributed by atoms with Crippen molar-refractivity contribution < 1.29 is 9.22 Å². The number of nitrogens with zero attached hydrogens (tertiary/aromatic N) is 3. The lowest BCUT2D eigenvalue weighted by Crippen LogP contribution is -2.17. The summed E-state index contributed by atoms with van der Waals surface area (Å²) in [4.78, 5) is 10.3. The SMILES string of the molecule is [2H]C([2H])([2H])c1ccc(-c2ccnc(-c3cc(-c4ccccc4)cc(-c4cccc5c4nc(-c4cc(C(C)(C)C)cc(C(C)(C)C)c4O)n5-c4ccccc4)c3)c2)cc1. The van der Waals surface area contributed by atoms with Gasteiger partial charge in [0.2, 0.25) is 0 Å². The first-order valence-corrected chi connectivity index (χ1v) is 18.8. The average Bonchev–Trinajstić information content (AvgIpc) is 3.60. The van der Waals surface area contributed by atoms with Crippen molar-refractivity contribution in [2.45, 2.75) is 59.2 Å². The zero-order valence-corrected chi connectivity index (χ0v) is 32.2. The number of rotatable bonds is 6. The highest BCUT2D eigenvalue weighted by Gasteiger charge is 2.28. The average molecular weight is 721 g/mol. The maximum Gasteiger partial charge on any atom is 0.149 e. The quantitative estimate of drug-likeness (QED) is 0.186. The Bertz CT molecular complexity index is 2770. The molecule has 0 aliphatic rings. The Labute approximate surface area is 329 Å². The number of phenols is 1. The Morgan fingerprint density at radius 2 is 1.24 bits per heavy atom. The minimum Gasteiger partial charge on any atom is -0.507 e. The molecule has 0 radical (unpaired) electrons. The molecular weight excluding hydrogens is 671 g/mol. The number of hydrogen-bond acceptors (Lipinski definition) is 3. The van der Waals surface area contributed by atoms with E-state index in [2.05, 4.69) is 125 Å². The van der Waals surface area contributed by atoms with Crippen LogP contribution in [0.1, 0.15) is 62.3 Å². The molecule has 0 aliphatic heterocycles. The number of aryl methyl sites for hydroxylation is 1. The van der Waals surface area contributed by atoms with Gasteiger partial charge in [-0.1, -0.05) is 138 Å². The molecule has 0 atom stereocenters. The third-order valence-electron chi connectivity index (χ3n) is 10.3. The van der Waals surface area contributed by atoms with Crippen molar-refractivity contribution in [2.75, 3.05) is 0 Å². The minimum absolute atomic E-state index is 0.169. The van der Waals surface area contributed by atoms with Crippen LogP contribution in [0.25, 0.3) is 72.7 Å². The van der Waals surface area contributed by atoms with E-state index in [0.717, 1.165) is 72.5 Å². The molecular formula is C51H47N3O. The molecule has 8 rings (SSSR count). The number of imidazole rings is 1. The van der Waals surface area contributed by atoms with Crippen LogP contribution in [-0.2, 0) is 10.8 Å². The van der Waals surface area contributed by atoms with E-state index in [1.54, 1.807) is 18.3 Å². The fraction of sp³-hybridized carbons (Fsp3) is 0.176. The van der Waals surface area contributed by atoms with Gasteiger partial charge in [-0.05, 0) is 106 Å². The van der Waals surface area contributed by atoms with Crippen molar-refractivity contribution in [2.24, 2.45) is 0 Å². The smallest absolute Gasteiger partial charge is 0.149 e. The number of phenolic OH excluding ortho intramolecular Hbond substituents is 1. The predicted molar refractivity (Wildman–Crippen MR) is 230 cm³/mol. The monoisotopic (exact) mass is 720 g/mol. The summed E-state index contributed by atoms with van der Waals surface area (Å²) in [6, 6.07) is 48.7. The van der Waals surface area contributed by atoms with Gasteiger partial charge < -0.3 is 5.11 Å². The second-order valence-electron chi connectivity index (χ2n) is 16.4. The summed E-state index contributed by atoms with van der Waals surface area (Å²) < 4.78 is 25.6. The molecule has 2 heterocycles. The van der Waals surface area contributed by atoms with Crippen LogP contribution in [0.2, 0.25) is 0 Å². The summed E-state index contributed by atoms with van der Waals surface area (Å²) in [5.41, 5.74) is 12.8. The van der Waals surface area contributed by atoms with Crippen molar-refractivity contribution in [1.82, 2.24) is 14.5 Å². The van der Waals surface area contributed by atoms with E-state index < -0.39 is 6.85 Å². The molecule has 0 amide bonds. The Balaban J connectivity index is 1.36. The van der Waals surface area contributed by atoms with Gasteiger partial charge >= 0.3 is 0 Å². The Morgan fingerprint density at radius 1 is 0.564 bits per heavy atom. The number of hydrogen-bond donors (Lipinski definition) is 1. The summed E-state index contributed by atoms with van der Waals surface area (Å²) >= 11 is 0. The largest absolute Gasteiger partial charge is 0.507 e. The van der Waals surface area contributed by atoms with Gasteiger partial charge in [0.1, 0.15) is 11.6 Å². The molecule has 0 saturated carbocycles. The van der Waals surface area contributed by atoms with Gasteiger partial charge in [-0.25, -0.2) is 4.98 Å². The standard InChI is InChI=1S/C51H47N3O/c1-33-21-23-35(24-22-33)36-25-26-52-45(30-36)39-28-37(34-15-10-8-11-16-34)27-38(29-39)42-19-14-20-46-47(42)53-49(54(46)41-17-12-9-13-18-41)43-31-40(50(2,3)4)32-44(48(43)55)51(5,6)7/h8-32,55H,1-7H3/i1D3. The zero-order chi connectivity index (χ0) is 41.0. The molecule has 6 aromatic carbocycles. The van der Waals surface area contributed by atoms with Crippen molar-refractivity contribution in [3.8, 4) is 67.5 Å². The van der Waals surface area contributed by atoms with E-state index >= 15 is 0 Å². The summed E-state index contributed by atoms with van der Waals surface area (Å²) in [6.45, 7) is 10.8. The van der Waals surface area contributed by atoms with Crippen LogP contribution in [-0.4, -0.2) is 19.6 Å². The number of aromatic hydroxyl groups is 1. The topological polar surface area (TPSA) is 50.9 Å². The van der Waals surface area contributed by atoms with Gasteiger partial charge in [0.15, 0.2) is 0 Å². The molecule has 8 aromatic rings. The van der Waals surface area contributed by atoms with Crippen molar-refractivity contribution in [3.05, 3.63) is 168 Å². The third kappa shape index (κ3) is 6.97. The number of fused-ring (bicyclic) bond motifs is 1. The van der Waals surface area contributed by atoms with E-state index in [1.165, 1.54) is 0 Å². The highest BCUT2D eigenvalue weighted by Crippen LogP contribution is 2.45. The Hall–Kier alpha value is -6.26. The molecule has 0 saturated heterocycles. The maximum absolute atomic E-state index is 12.1. The summed E-state index contributed by atoms with van der Waals surface area (Å²) in [5.74, 6) is 0.906. The van der Waals surface area contributed by atoms with Crippen LogP contribution in [0.15, 0.2) is 152 Å². The summed E-state index contributed by atoms with van der Waals surface area (Å²) in [6.07, 6.45) is 1.80. The third-order valence-corrected chi connectivity index (χ3v) is 10.3. The lowest BCUT2D eigenvalue weighted by atomic mass is 9.79. The second kappa shape index (κ2) is 13.9. The lowest BCUT2D eigenvalue weighted by Gasteiger charge is -2.27. The minimum atomic E-state index is -2.16. The maximum atomic E-state index is 12.1. The van der Waals surface area contributed by atoms with Gasteiger partial charge in [-0.15, -0.1) is 0 Å². The fourth-order valence-corrected chi connectivity index (χ4v) is 7.32. The van der Waals surface area contributed by atoms with Gasteiger partial charge in [0.25, 0.3) is 0 Å². The van der Waals surface area contributed by atoms with E-state index in [-0.39, 0.29) is 16.6 Å². The summed E-state index contributed by atoms with van der Waals surface area (Å²) in [5, 5.41) is 12.1. The molecule has 0 aliphatic carbocycles. The molecule has 55 heavy (non-hydrogen) atoms. The number of benzene rings is 6.